The van der Waals surface area contributed by atoms with Crippen molar-refractivity contribution in [2.24, 2.45) is 0 Å². The molecule has 6 rings (SSSR count). The molecule has 2 unspecified atom stereocenters. The zero-order valence-electron chi connectivity index (χ0n) is 21.9. The molecule has 1 aromatic carbocycles. The molecule has 2 N–H and O–H groups in total. The van der Waals surface area contributed by atoms with Crippen LogP contribution in [0.5, 0.6) is 11.5 Å². The molecule has 0 saturated carbocycles. The second-order valence-corrected chi connectivity index (χ2v) is 11.0. The first-order valence-electron chi connectivity index (χ1n) is 13.1. The fourth-order valence-corrected chi connectivity index (χ4v) is 6.64. The number of hydrogen-bond acceptors (Lipinski definition) is 7. The summed E-state index contributed by atoms with van der Waals surface area (Å²) in [5, 5.41) is 6.23. The largest absolute Gasteiger partial charge is 0.456 e. The second-order valence-electron chi connectivity index (χ2n) is 9.91. The Morgan fingerprint density at radius 3 is 2.80 bits per heavy atom. The van der Waals surface area contributed by atoms with Crippen LogP contribution in [0.2, 0.25) is 0 Å². The Hall–Kier alpha value is -4.38. The smallest absolute Gasteiger partial charge is 0.328 e. The first-order valence-corrected chi connectivity index (χ1v) is 14.0. The normalized spacial score (nSPS) is 21.3. The second kappa shape index (κ2) is 10.6. The number of pyridine rings is 2. The Labute approximate surface area is 235 Å². The van der Waals surface area contributed by atoms with Gasteiger partial charge in [-0.2, -0.15) is 0 Å². The monoisotopic (exact) mass is 556 g/mol. The van der Waals surface area contributed by atoms with Crippen LogP contribution in [0.25, 0.3) is 0 Å². The molecule has 2 aromatic heterocycles. The van der Waals surface area contributed by atoms with Gasteiger partial charge in [0.25, 0.3) is 0 Å². The molecular weight excluding hydrogens is 528 g/mol. The summed E-state index contributed by atoms with van der Waals surface area (Å²) in [4.78, 5) is 51.4. The molecule has 5 heterocycles. The first-order chi connectivity index (χ1) is 19.4. The number of thioether (sulfide) groups is 1. The minimum Gasteiger partial charge on any atom is -0.456 e. The molecule has 0 spiro atoms. The molecule has 4 amide bonds. The van der Waals surface area contributed by atoms with Crippen molar-refractivity contribution in [2.45, 2.75) is 42.1 Å². The molecule has 1 saturated heterocycles. The van der Waals surface area contributed by atoms with E-state index in [1.807, 2.05) is 43.3 Å². The van der Waals surface area contributed by atoms with E-state index >= 15 is 0 Å². The highest BCUT2D eigenvalue weighted by atomic mass is 32.2. The molecule has 40 heavy (non-hydrogen) atoms. The van der Waals surface area contributed by atoms with E-state index in [9.17, 15) is 14.4 Å². The van der Waals surface area contributed by atoms with E-state index in [-0.39, 0.29) is 23.9 Å². The number of rotatable bonds is 6. The van der Waals surface area contributed by atoms with Crippen LogP contribution >= 0.6 is 11.8 Å². The van der Waals surface area contributed by atoms with Crippen LogP contribution < -0.4 is 20.3 Å². The number of nitrogens with one attached hydrogen (secondary N) is 2. The maximum atomic E-state index is 13.5. The van der Waals surface area contributed by atoms with E-state index in [0.717, 1.165) is 24.0 Å². The molecule has 3 atom stereocenters. The predicted octanol–water partition coefficient (Wildman–Crippen LogP) is 4.25. The number of benzene rings is 1. The van der Waals surface area contributed by atoms with Gasteiger partial charge in [0.2, 0.25) is 11.8 Å². The summed E-state index contributed by atoms with van der Waals surface area (Å²) in [6.07, 6.45) is 6.10. The molecular formula is C29H28N6O4S. The number of likely N-dealkylation sites (tertiary alicyclic amines) is 1. The number of aryl methyl sites for hydroxylation is 1. The van der Waals surface area contributed by atoms with Crippen molar-refractivity contribution in [3.8, 4) is 11.5 Å². The van der Waals surface area contributed by atoms with Gasteiger partial charge < -0.3 is 20.3 Å². The van der Waals surface area contributed by atoms with Crippen LogP contribution in [0.4, 0.5) is 16.3 Å². The van der Waals surface area contributed by atoms with E-state index in [0.29, 0.717) is 41.1 Å². The summed E-state index contributed by atoms with van der Waals surface area (Å²) in [5.41, 5.74) is 2.20. The highest BCUT2D eigenvalue weighted by Gasteiger charge is 2.47. The third-order valence-corrected chi connectivity index (χ3v) is 8.52. The molecule has 0 aliphatic carbocycles. The highest BCUT2D eigenvalue weighted by molar-refractivity contribution is 8.01. The Balaban J connectivity index is 1.23. The lowest BCUT2D eigenvalue weighted by molar-refractivity contribution is -0.129. The summed E-state index contributed by atoms with van der Waals surface area (Å²) in [7, 11) is 0. The Bertz CT molecular complexity index is 1500. The Kier molecular flexibility index (Phi) is 6.89. The summed E-state index contributed by atoms with van der Waals surface area (Å²) >= 11 is 1.34. The third kappa shape index (κ3) is 4.77. The van der Waals surface area contributed by atoms with Gasteiger partial charge in [0, 0.05) is 30.9 Å². The summed E-state index contributed by atoms with van der Waals surface area (Å²) < 4.78 is 5.91. The number of amides is 4. The van der Waals surface area contributed by atoms with Gasteiger partial charge in [-0.3, -0.25) is 9.59 Å². The average molecular weight is 557 g/mol. The SMILES string of the molecule is C=CC(=O)N1CCCC(NC(=O)[C@@H]2Sc3nccc4c3C2NC(=O)N4c2ncc(Oc3ccccc3)cc2C)C1. The van der Waals surface area contributed by atoms with Crippen molar-refractivity contribution in [1.82, 2.24) is 25.5 Å². The topological polar surface area (TPSA) is 117 Å². The lowest BCUT2D eigenvalue weighted by atomic mass is 9.99. The van der Waals surface area contributed by atoms with Crippen LogP contribution in [0.3, 0.4) is 0 Å². The number of urea groups is 1. The van der Waals surface area contributed by atoms with Gasteiger partial charge in [-0.25, -0.2) is 19.7 Å². The molecule has 0 bridgehead atoms. The fourth-order valence-electron chi connectivity index (χ4n) is 5.40. The van der Waals surface area contributed by atoms with E-state index < -0.39 is 11.3 Å². The van der Waals surface area contributed by atoms with Crippen LogP contribution in [0, 0.1) is 6.92 Å². The minimum atomic E-state index is -0.587. The number of ether oxygens (including phenoxy) is 1. The summed E-state index contributed by atoms with van der Waals surface area (Å²) in [6, 6.07) is 12.0. The van der Waals surface area contributed by atoms with Crippen LogP contribution in [0.15, 0.2) is 72.5 Å². The lowest BCUT2D eigenvalue weighted by Crippen LogP contribution is -2.53. The number of carbonyl (C=O) groups is 3. The number of para-hydroxylation sites is 1. The summed E-state index contributed by atoms with van der Waals surface area (Å²) in [6.45, 7) is 6.52. The van der Waals surface area contributed by atoms with Gasteiger partial charge in [-0.15, -0.1) is 0 Å². The standard InChI is InChI=1S/C29H28N6O4S/c1-3-22(36)34-13-7-8-18(16-34)32-27(37)25-24-23-21(11-12-30-28(23)40-25)35(29(38)33-24)26-17(2)14-20(15-31-26)39-19-9-5-4-6-10-19/h3-6,9-12,14-15,18,24-25H,1,7-8,13,16H2,2H3,(H,32,37)(H,33,38)/t18?,24?,25-/m1/s1. The van der Waals surface area contributed by atoms with E-state index in [1.165, 1.54) is 22.7 Å². The lowest BCUT2D eigenvalue weighted by Gasteiger charge is -2.35. The van der Waals surface area contributed by atoms with Crippen molar-refractivity contribution in [1.29, 1.82) is 0 Å². The maximum absolute atomic E-state index is 13.5. The molecule has 3 aromatic rings. The van der Waals surface area contributed by atoms with E-state index in [2.05, 4.69) is 27.2 Å². The molecule has 11 heteroatoms. The van der Waals surface area contributed by atoms with Crippen molar-refractivity contribution in [3.63, 3.8) is 0 Å². The minimum absolute atomic E-state index is 0.140. The van der Waals surface area contributed by atoms with E-state index in [4.69, 9.17) is 4.74 Å². The number of piperidine rings is 1. The Morgan fingerprint density at radius 2 is 2.02 bits per heavy atom. The first kappa shape index (κ1) is 25.9. The van der Waals surface area contributed by atoms with Gasteiger partial charge in [-0.1, -0.05) is 36.5 Å². The van der Waals surface area contributed by atoms with Crippen molar-refractivity contribution in [2.75, 3.05) is 18.0 Å². The van der Waals surface area contributed by atoms with Gasteiger partial charge in [0.1, 0.15) is 27.6 Å². The fraction of sp³-hybridized carbons (Fsp3) is 0.276. The quantitative estimate of drug-likeness (QED) is 0.436. The summed E-state index contributed by atoms with van der Waals surface area (Å²) in [5.74, 6) is 1.39. The molecule has 0 radical (unpaired) electrons. The number of nitrogens with zero attached hydrogens (tertiary/aromatic N) is 4. The number of hydrogen-bond donors (Lipinski definition) is 2. The molecule has 204 valence electrons. The Morgan fingerprint density at radius 1 is 1.20 bits per heavy atom. The number of aromatic nitrogens is 2. The zero-order valence-corrected chi connectivity index (χ0v) is 22.7. The molecule has 10 nitrogen and oxygen atoms in total. The maximum Gasteiger partial charge on any atom is 0.328 e. The van der Waals surface area contributed by atoms with Crippen molar-refractivity contribution >= 4 is 41.1 Å². The van der Waals surface area contributed by atoms with Gasteiger partial charge in [-0.05, 0) is 55.7 Å². The van der Waals surface area contributed by atoms with Crippen molar-refractivity contribution in [3.05, 3.63) is 78.6 Å². The van der Waals surface area contributed by atoms with Crippen LogP contribution in [-0.2, 0) is 9.59 Å². The van der Waals surface area contributed by atoms with Crippen LogP contribution in [0.1, 0.15) is 30.0 Å². The van der Waals surface area contributed by atoms with E-state index in [1.54, 1.807) is 23.4 Å². The highest BCUT2D eigenvalue weighted by Crippen LogP contribution is 2.50. The molecule has 1 fully saturated rings. The molecule has 3 aliphatic rings. The average Bonchev–Trinajstić information content (AvgIpc) is 3.33. The number of carbonyl (C=O) groups excluding carboxylic acids is 3. The van der Waals surface area contributed by atoms with Gasteiger partial charge in [0.15, 0.2) is 0 Å². The van der Waals surface area contributed by atoms with Crippen molar-refractivity contribution < 1.29 is 19.1 Å². The van der Waals surface area contributed by atoms with Gasteiger partial charge >= 0.3 is 6.03 Å². The van der Waals surface area contributed by atoms with Gasteiger partial charge in [0.05, 0.1) is 17.9 Å². The predicted molar refractivity (Wildman–Crippen MR) is 151 cm³/mol. The third-order valence-electron chi connectivity index (χ3n) is 7.23. The van der Waals surface area contributed by atoms with Crippen LogP contribution in [-0.4, -0.2) is 57.1 Å². The molecule has 3 aliphatic heterocycles. The number of anilines is 2. The zero-order chi connectivity index (χ0) is 27.8.